The minimum Gasteiger partial charge on any atom is -0.486 e. The van der Waals surface area contributed by atoms with Gasteiger partial charge in [0.25, 0.3) is 0 Å². The van der Waals surface area contributed by atoms with E-state index in [9.17, 15) is 9.59 Å². The number of benzene rings is 2. The molecule has 0 aliphatic carbocycles. The van der Waals surface area contributed by atoms with Gasteiger partial charge in [-0.1, -0.05) is 29.8 Å². The van der Waals surface area contributed by atoms with Crippen molar-refractivity contribution in [1.29, 1.82) is 0 Å². The molecule has 0 saturated carbocycles. The Hall–Kier alpha value is -3.02. The zero-order chi connectivity index (χ0) is 18.5. The van der Waals surface area contributed by atoms with Crippen LogP contribution in [0.25, 0.3) is 0 Å². The van der Waals surface area contributed by atoms with Gasteiger partial charge in [-0.25, -0.2) is 0 Å². The fraction of sp³-hybridized carbons (Fsp3) is 0.300. The molecule has 0 bridgehead atoms. The van der Waals surface area contributed by atoms with Gasteiger partial charge in [0, 0.05) is 25.2 Å². The molecule has 2 aromatic carbocycles. The SMILES string of the molecule is CC(=O)N(CC(=O)Nc1ccc2c(c1)OCCO2)Cc1cccc(C)c1. The third-order valence-electron chi connectivity index (χ3n) is 4.06. The number of amides is 2. The lowest BCUT2D eigenvalue weighted by Crippen LogP contribution is -2.36. The van der Waals surface area contributed by atoms with Crippen molar-refractivity contribution >= 4 is 17.5 Å². The molecular weight excluding hydrogens is 332 g/mol. The minimum absolute atomic E-state index is 0.0162. The Kier molecular flexibility index (Phi) is 5.41. The summed E-state index contributed by atoms with van der Waals surface area (Å²) in [6.45, 7) is 4.84. The summed E-state index contributed by atoms with van der Waals surface area (Å²) >= 11 is 0. The van der Waals surface area contributed by atoms with E-state index in [0.717, 1.165) is 11.1 Å². The molecule has 0 unspecified atom stereocenters. The number of carbonyl (C=O) groups excluding carboxylic acids is 2. The topological polar surface area (TPSA) is 67.9 Å². The van der Waals surface area contributed by atoms with Crippen molar-refractivity contribution in [3.8, 4) is 11.5 Å². The van der Waals surface area contributed by atoms with Gasteiger partial charge in [-0.15, -0.1) is 0 Å². The van der Waals surface area contributed by atoms with Crippen LogP contribution in [0.5, 0.6) is 11.5 Å². The molecule has 3 rings (SSSR count). The fourth-order valence-corrected chi connectivity index (χ4v) is 2.80. The molecule has 1 N–H and O–H groups in total. The van der Waals surface area contributed by atoms with Gasteiger partial charge in [0.1, 0.15) is 19.8 Å². The van der Waals surface area contributed by atoms with Crippen molar-refractivity contribution in [2.75, 3.05) is 25.1 Å². The third-order valence-corrected chi connectivity index (χ3v) is 4.06. The Bertz CT molecular complexity index is 819. The number of rotatable bonds is 5. The Labute approximate surface area is 152 Å². The van der Waals surface area contributed by atoms with Gasteiger partial charge >= 0.3 is 0 Å². The first-order valence-corrected chi connectivity index (χ1v) is 8.52. The summed E-state index contributed by atoms with van der Waals surface area (Å²) in [7, 11) is 0. The lowest BCUT2D eigenvalue weighted by atomic mass is 10.1. The van der Waals surface area contributed by atoms with Crippen LogP contribution in [-0.4, -0.2) is 36.5 Å². The standard InChI is InChI=1S/C20H22N2O4/c1-14-4-3-5-16(10-14)12-22(15(2)23)13-20(24)21-17-6-7-18-19(11-17)26-9-8-25-18/h3-7,10-11H,8-9,12-13H2,1-2H3,(H,21,24). The number of fused-ring (bicyclic) bond motifs is 1. The molecule has 2 aromatic rings. The predicted octanol–water partition coefficient (Wildman–Crippen LogP) is 2.75. The van der Waals surface area contributed by atoms with Crippen molar-refractivity contribution < 1.29 is 19.1 Å². The van der Waals surface area contributed by atoms with Crippen molar-refractivity contribution in [3.63, 3.8) is 0 Å². The second-order valence-electron chi connectivity index (χ2n) is 6.27. The summed E-state index contributed by atoms with van der Waals surface area (Å²) in [6.07, 6.45) is 0. The maximum atomic E-state index is 12.4. The molecule has 1 aliphatic rings. The van der Waals surface area contributed by atoms with Crippen LogP contribution in [0.1, 0.15) is 18.1 Å². The van der Waals surface area contributed by atoms with E-state index in [0.29, 0.717) is 36.9 Å². The van der Waals surface area contributed by atoms with Crippen LogP contribution in [0.4, 0.5) is 5.69 Å². The monoisotopic (exact) mass is 354 g/mol. The molecular formula is C20H22N2O4. The van der Waals surface area contributed by atoms with Gasteiger partial charge in [0.05, 0.1) is 0 Å². The number of aryl methyl sites for hydroxylation is 1. The predicted molar refractivity (Wildman–Crippen MR) is 98.3 cm³/mol. The van der Waals surface area contributed by atoms with E-state index in [1.54, 1.807) is 18.2 Å². The van der Waals surface area contributed by atoms with Crippen LogP contribution in [0.15, 0.2) is 42.5 Å². The van der Waals surface area contributed by atoms with Crippen LogP contribution in [0, 0.1) is 6.92 Å². The number of ether oxygens (including phenoxy) is 2. The van der Waals surface area contributed by atoms with E-state index in [-0.39, 0.29) is 18.4 Å². The molecule has 2 amide bonds. The Morgan fingerprint density at radius 1 is 1.08 bits per heavy atom. The van der Waals surface area contributed by atoms with Gasteiger partial charge in [0.15, 0.2) is 11.5 Å². The largest absolute Gasteiger partial charge is 0.486 e. The molecule has 0 radical (unpaired) electrons. The highest BCUT2D eigenvalue weighted by atomic mass is 16.6. The van der Waals surface area contributed by atoms with E-state index < -0.39 is 0 Å². The van der Waals surface area contributed by atoms with Gasteiger partial charge in [-0.2, -0.15) is 0 Å². The van der Waals surface area contributed by atoms with Crippen molar-refractivity contribution in [3.05, 3.63) is 53.6 Å². The summed E-state index contributed by atoms with van der Waals surface area (Å²) in [5, 5.41) is 2.81. The van der Waals surface area contributed by atoms with Crippen LogP contribution >= 0.6 is 0 Å². The first-order valence-electron chi connectivity index (χ1n) is 8.52. The third kappa shape index (κ3) is 4.53. The number of carbonyl (C=O) groups is 2. The average molecular weight is 354 g/mol. The van der Waals surface area contributed by atoms with Gasteiger partial charge < -0.3 is 19.7 Å². The lowest BCUT2D eigenvalue weighted by molar-refractivity contribution is -0.133. The molecule has 6 heteroatoms. The number of nitrogens with zero attached hydrogens (tertiary/aromatic N) is 1. The smallest absolute Gasteiger partial charge is 0.244 e. The van der Waals surface area contributed by atoms with E-state index in [1.165, 1.54) is 11.8 Å². The second kappa shape index (κ2) is 7.91. The Morgan fingerprint density at radius 2 is 1.85 bits per heavy atom. The summed E-state index contributed by atoms with van der Waals surface area (Å²) in [6, 6.07) is 13.1. The van der Waals surface area contributed by atoms with E-state index in [2.05, 4.69) is 5.32 Å². The summed E-state index contributed by atoms with van der Waals surface area (Å²) in [5.74, 6) is 0.865. The minimum atomic E-state index is -0.260. The Morgan fingerprint density at radius 3 is 2.58 bits per heavy atom. The molecule has 0 fully saturated rings. The van der Waals surface area contributed by atoms with Gasteiger partial charge in [-0.3, -0.25) is 9.59 Å². The van der Waals surface area contributed by atoms with Crippen molar-refractivity contribution in [2.24, 2.45) is 0 Å². The van der Waals surface area contributed by atoms with Crippen LogP contribution in [0.2, 0.25) is 0 Å². The highest BCUT2D eigenvalue weighted by molar-refractivity contribution is 5.94. The Balaban J connectivity index is 1.64. The van der Waals surface area contributed by atoms with Crippen LogP contribution < -0.4 is 14.8 Å². The summed E-state index contributed by atoms with van der Waals surface area (Å²) in [5.41, 5.74) is 2.72. The normalized spacial score (nSPS) is 12.4. The van der Waals surface area contributed by atoms with Crippen LogP contribution in [0.3, 0.4) is 0 Å². The molecule has 136 valence electrons. The van der Waals surface area contributed by atoms with Crippen molar-refractivity contribution in [1.82, 2.24) is 4.90 Å². The molecule has 0 saturated heterocycles. The number of nitrogens with one attached hydrogen (secondary N) is 1. The van der Waals surface area contributed by atoms with E-state index in [1.807, 2.05) is 31.2 Å². The molecule has 1 aliphatic heterocycles. The molecule has 0 atom stereocenters. The first-order chi connectivity index (χ1) is 12.5. The maximum Gasteiger partial charge on any atom is 0.244 e. The molecule has 0 aromatic heterocycles. The van der Waals surface area contributed by atoms with Gasteiger partial charge in [0.2, 0.25) is 11.8 Å². The zero-order valence-electron chi connectivity index (χ0n) is 15.0. The van der Waals surface area contributed by atoms with Crippen LogP contribution in [-0.2, 0) is 16.1 Å². The zero-order valence-corrected chi connectivity index (χ0v) is 15.0. The number of hydrogen-bond donors (Lipinski definition) is 1. The molecule has 26 heavy (non-hydrogen) atoms. The van der Waals surface area contributed by atoms with E-state index >= 15 is 0 Å². The van der Waals surface area contributed by atoms with Crippen molar-refractivity contribution in [2.45, 2.75) is 20.4 Å². The molecule has 0 spiro atoms. The fourth-order valence-electron chi connectivity index (χ4n) is 2.80. The average Bonchev–Trinajstić information content (AvgIpc) is 2.61. The summed E-state index contributed by atoms with van der Waals surface area (Å²) < 4.78 is 11.0. The number of anilines is 1. The number of hydrogen-bond acceptors (Lipinski definition) is 4. The second-order valence-corrected chi connectivity index (χ2v) is 6.27. The first kappa shape index (κ1) is 17.8. The molecule has 1 heterocycles. The maximum absolute atomic E-state index is 12.4. The molecule has 6 nitrogen and oxygen atoms in total. The highest BCUT2D eigenvalue weighted by Crippen LogP contribution is 2.32. The summed E-state index contributed by atoms with van der Waals surface area (Å²) in [4.78, 5) is 25.8. The quantitative estimate of drug-likeness (QED) is 0.896. The lowest BCUT2D eigenvalue weighted by Gasteiger charge is -2.22. The highest BCUT2D eigenvalue weighted by Gasteiger charge is 2.16. The van der Waals surface area contributed by atoms with Gasteiger partial charge in [-0.05, 0) is 24.6 Å². The van der Waals surface area contributed by atoms with E-state index in [4.69, 9.17) is 9.47 Å².